The summed E-state index contributed by atoms with van der Waals surface area (Å²) in [5.74, 6) is -0.140. The van der Waals surface area contributed by atoms with Gasteiger partial charge in [0.1, 0.15) is 0 Å². The van der Waals surface area contributed by atoms with Gasteiger partial charge in [-0.15, -0.1) is 11.6 Å². The average Bonchev–Trinajstić information content (AvgIpc) is 2.02. The van der Waals surface area contributed by atoms with Crippen LogP contribution in [0.5, 0.6) is 0 Å². The van der Waals surface area contributed by atoms with Crippen LogP contribution in [-0.2, 0) is 9.84 Å². The number of pyridine rings is 1. The summed E-state index contributed by atoms with van der Waals surface area (Å²) in [7, 11) is -3.45. The Bertz CT molecular complexity index is 435. The lowest BCUT2D eigenvalue weighted by Gasteiger charge is -2.03. The fourth-order valence-corrected chi connectivity index (χ4v) is 3.39. The molecule has 0 atom stereocenters. The minimum absolute atomic E-state index is 0.0242. The van der Waals surface area contributed by atoms with Gasteiger partial charge in [-0.05, 0) is 22.0 Å². The first-order chi connectivity index (χ1) is 6.47. The summed E-state index contributed by atoms with van der Waals surface area (Å²) in [5.41, 5.74) is 0. The average molecular weight is 319 g/mol. The second-order valence-electron chi connectivity index (χ2n) is 2.45. The molecular formula is C7H6BrCl2NO2S. The summed E-state index contributed by atoms with van der Waals surface area (Å²) >= 11 is 14.2. The third-order valence-corrected chi connectivity index (χ3v) is 4.32. The number of sulfone groups is 1. The van der Waals surface area contributed by atoms with Crippen LogP contribution in [-0.4, -0.2) is 25.0 Å². The van der Waals surface area contributed by atoms with Gasteiger partial charge in [0.2, 0.25) is 0 Å². The Kier molecular flexibility index (Phi) is 4.18. The van der Waals surface area contributed by atoms with Crippen LogP contribution in [0.3, 0.4) is 0 Å². The second-order valence-corrected chi connectivity index (χ2v) is 6.17. The SMILES string of the molecule is O=S(=O)(CCCl)c1ncc(Br)cc1Cl. The van der Waals surface area contributed by atoms with Crippen molar-refractivity contribution in [1.29, 1.82) is 0 Å². The molecule has 7 heteroatoms. The minimum atomic E-state index is -3.45. The van der Waals surface area contributed by atoms with Crippen molar-refractivity contribution in [3.8, 4) is 0 Å². The third-order valence-electron chi connectivity index (χ3n) is 1.41. The molecule has 3 nitrogen and oxygen atoms in total. The van der Waals surface area contributed by atoms with Gasteiger partial charge in [0.05, 0.1) is 10.8 Å². The molecule has 0 bridgehead atoms. The van der Waals surface area contributed by atoms with Crippen LogP contribution < -0.4 is 0 Å². The lowest BCUT2D eigenvalue weighted by molar-refractivity contribution is 0.594. The van der Waals surface area contributed by atoms with E-state index in [1.54, 1.807) is 0 Å². The van der Waals surface area contributed by atoms with E-state index in [4.69, 9.17) is 23.2 Å². The van der Waals surface area contributed by atoms with Gasteiger partial charge in [0, 0.05) is 16.5 Å². The molecule has 0 aliphatic carbocycles. The molecule has 0 amide bonds. The van der Waals surface area contributed by atoms with Crippen molar-refractivity contribution in [3.63, 3.8) is 0 Å². The predicted octanol–water partition coefficient (Wildman–Crippen LogP) is 2.51. The fourth-order valence-electron chi connectivity index (χ4n) is 0.829. The quantitative estimate of drug-likeness (QED) is 0.804. The molecule has 0 radical (unpaired) electrons. The molecule has 0 aliphatic rings. The Hall–Kier alpha value is 0.160. The number of hydrogen-bond donors (Lipinski definition) is 0. The molecule has 0 aliphatic heterocycles. The van der Waals surface area contributed by atoms with Crippen LogP contribution in [0.15, 0.2) is 21.8 Å². The smallest absolute Gasteiger partial charge is 0.198 e. The molecule has 0 saturated carbocycles. The van der Waals surface area contributed by atoms with Gasteiger partial charge in [0.25, 0.3) is 0 Å². The van der Waals surface area contributed by atoms with Gasteiger partial charge in [0.15, 0.2) is 14.9 Å². The van der Waals surface area contributed by atoms with E-state index in [0.29, 0.717) is 4.47 Å². The standard InChI is InChI=1S/C7H6BrCl2NO2S/c8-5-3-6(10)7(11-4-5)14(12,13)2-1-9/h3-4H,1-2H2. The van der Waals surface area contributed by atoms with Crippen LogP contribution in [0.1, 0.15) is 0 Å². The van der Waals surface area contributed by atoms with E-state index in [-0.39, 0.29) is 21.7 Å². The monoisotopic (exact) mass is 317 g/mol. The first-order valence-electron chi connectivity index (χ1n) is 3.57. The lowest BCUT2D eigenvalue weighted by Crippen LogP contribution is -2.10. The molecule has 1 rings (SSSR count). The van der Waals surface area contributed by atoms with Crippen molar-refractivity contribution < 1.29 is 8.42 Å². The highest BCUT2D eigenvalue weighted by Gasteiger charge is 2.19. The van der Waals surface area contributed by atoms with Crippen molar-refractivity contribution >= 4 is 49.0 Å². The number of rotatable bonds is 3. The highest BCUT2D eigenvalue weighted by atomic mass is 79.9. The van der Waals surface area contributed by atoms with Gasteiger partial charge in [-0.2, -0.15) is 0 Å². The van der Waals surface area contributed by atoms with Gasteiger partial charge >= 0.3 is 0 Å². The topological polar surface area (TPSA) is 47.0 Å². The molecule has 1 aromatic heterocycles. The number of aromatic nitrogens is 1. The summed E-state index contributed by atoms with van der Waals surface area (Å²) < 4.78 is 23.7. The van der Waals surface area contributed by atoms with Crippen molar-refractivity contribution in [3.05, 3.63) is 21.8 Å². The fraction of sp³-hybridized carbons (Fsp3) is 0.286. The van der Waals surface area contributed by atoms with Gasteiger partial charge < -0.3 is 0 Å². The van der Waals surface area contributed by atoms with Crippen LogP contribution >= 0.6 is 39.1 Å². The van der Waals surface area contributed by atoms with Crippen molar-refractivity contribution in [2.75, 3.05) is 11.6 Å². The third kappa shape index (κ3) is 2.82. The van der Waals surface area contributed by atoms with E-state index >= 15 is 0 Å². The number of hydrogen-bond acceptors (Lipinski definition) is 3. The summed E-state index contributed by atoms with van der Waals surface area (Å²) in [4.78, 5) is 3.74. The molecule has 0 fully saturated rings. The van der Waals surface area contributed by atoms with Crippen LogP contribution in [0.25, 0.3) is 0 Å². The van der Waals surface area contributed by atoms with Crippen LogP contribution in [0, 0.1) is 0 Å². The Labute approximate surface area is 100 Å². The second kappa shape index (κ2) is 4.79. The molecule has 14 heavy (non-hydrogen) atoms. The first-order valence-corrected chi connectivity index (χ1v) is 6.93. The molecular weight excluding hydrogens is 313 g/mol. The molecule has 0 aromatic carbocycles. The van der Waals surface area contributed by atoms with Crippen molar-refractivity contribution in [2.45, 2.75) is 5.03 Å². The number of halogens is 3. The van der Waals surface area contributed by atoms with E-state index in [1.807, 2.05) is 0 Å². The number of nitrogens with zero attached hydrogens (tertiary/aromatic N) is 1. The predicted molar refractivity (Wildman–Crippen MR) is 59.7 cm³/mol. The summed E-state index contributed by atoms with van der Waals surface area (Å²) in [6, 6.07) is 1.48. The van der Waals surface area contributed by atoms with Crippen LogP contribution in [0.2, 0.25) is 5.02 Å². The molecule has 0 unspecified atom stereocenters. The summed E-state index contributed by atoms with van der Waals surface area (Å²) in [6.07, 6.45) is 1.38. The highest BCUT2D eigenvalue weighted by molar-refractivity contribution is 9.10. The maximum absolute atomic E-state index is 11.5. The van der Waals surface area contributed by atoms with E-state index in [2.05, 4.69) is 20.9 Å². The van der Waals surface area contributed by atoms with E-state index < -0.39 is 9.84 Å². The summed E-state index contributed by atoms with van der Waals surface area (Å²) in [6.45, 7) is 0. The zero-order chi connectivity index (χ0) is 10.8. The Morgan fingerprint density at radius 2 is 2.14 bits per heavy atom. The number of alkyl halides is 1. The van der Waals surface area contributed by atoms with E-state index in [9.17, 15) is 8.42 Å². The highest BCUT2D eigenvalue weighted by Crippen LogP contribution is 2.23. The Morgan fingerprint density at radius 3 is 2.64 bits per heavy atom. The van der Waals surface area contributed by atoms with Gasteiger partial charge in [-0.3, -0.25) is 0 Å². The van der Waals surface area contributed by atoms with Crippen LogP contribution in [0.4, 0.5) is 0 Å². The zero-order valence-electron chi connectivity index (χ0n) is 6.87. The Morgan fingerprint density at radius 1 is 1.50 bits per heavy atom. The summed E-state index contributed by atoms with van der Waals surface area (Å²) in [5, 5.41) is -0.0208. The Balaban J connectivity index is 3.20. The maximum Gasteiger partial charge on any atom is 0.198 e. The molecule has 0 saturated heterocycles. The molecule has 0 spiro atoms. The maximum atomic E-state index is 11.5. The van der Waals surface area contributed by atoms with Crippen molar-refractivity contribution in [1.82, 2.24) is 4.98 Å². The zero-order valence-corrected chi connectivity index (χ0v) is 10.8. The molecule has 78 valence electrons. The van der Waals surface area contributed by atoms with Gasteiger partial charge in [-0.25, -0.2) is 13.4 Å². The van der Waals surface area contributed by atoms with Gasteiger partial charge in [-0.1, -0.05) is 11.6 Å². The first kappa shape index (κ1) is 12.2. The minimum Gasteiger partial charge on any atom is -0.242 e. The molecule has 1 aromatic rings. The lowest BCUT2D eigenvalue weighted by atomic mass is 10.5. The largest absolute Gasteiger partial charge is 0.242 e. The normalized spacial score (nSPS) is 11.6. The van der Waals surface area contributed by atoms with E-state index in [0.717, 1.165) is 0 Å². The molecule has 1 heterocycles. The van der Waals surface area contributed by atoms with E-state index in [1.165, 1.54) is 12.3 Å². The molecule has 0 N–H and O–H groups in total. The van der Waals surface area contributed by atoms with Crippen molar-refractivity contribution in [2.24, 2.45) is 0 Å².